The van der Waals surface area contributed by atoms with E-state index in [1.807, 2.05) is 0 Å². The molecule has 2 atom stereocenters. The van der Waals surface area contributed by atoms with E-state index in [0.29, 0.717) is 24.5 Å². The van der Waals surface area contributed by atoms with Crippen LogP contribution in [0.4, 0.5) is 0 Å². The first kappa shape index (κ1) is 16.7. The fraction of sp³-hybridized carbons (Fsp3) is 0.889. The Labute approximate surface area is 139 Å². The van der Waals surface area contributed by atoms with Gasteiger partial charge in [0.2, 0.25) is 11.8 Å². The predicted octanol–water partition coefficient (Wildman–Crippen LogP) is 1.91. The summed E-state index contributed by atoms with van der Waals surface area (Å²) >= 11 is 0. The minimum Gasteiger partial charge on any atom is -0.353 e. The summed E-state index contributed by atoms with van der Waals surface area (Å²) in [6, 6.07) is 1.24. The van der Waals surface area contributed by atoms with E-state index in [2.05, 4.69) is 15.1 Å². The lowest BCUT2D eigenvalue weighted by molar-refractivity contribution is -0.131. The summed E-state index contributed by atoms with van der Waals surface area (Å²) in [4.78, 5) is 28.5. The van der Waals surface area contributed by atoms with Gasteiger partial charge >= 0.3 is 0 Å². The SMILES string of the molecule is CC(=O)N1CCC[C@@H]1[C@H]1CCCN1CCC(=O)NC1CCCC1. The highest BCUT2D eigenvalue weighted by atomic mass is 16.2. The molecule has 0 spiro atoms. The van der Waals surface area contributed by atoms with Crippen LogP contribution in [0.1, 0.15) is 64.7 Å². The molecule has 3 aliphatic rings. The van der Waals surface area contributed by atoms with Gasteiger partial charge < -0.3 is 10.2 Å². The number of hydrogen-bond donors (Lipinski definition) is 1. The number of amides is 2. The Balaban J connectivity index is 1.48. The molecule has 130 valence electrons. The van der Waals surface area contributed by atoms with Gasteiger partial charge in [-0.05, 0) is 45.1 Å². The van der Waals surface area contributed by atoms with E-state index < -0.39 is 0 Å². The molecule has 1 saturated carbocycles. The zero-order valence-electron chi connectivity index (χ0n) is 14.4. The topological polar surface area (TPSA) is 52.7 Å². The summed E-state index contributed by atoms with van der Waals surface area (Å²) < 4.78 is 0. The van der Waals surface area contributed by atoms with Crippen LogP contribution in [0.15, 0.2) is 0 Å². The van der Waals surface area contributed by atoms with Crippen LogP contribution in [0.25, 0.3) is 0 Å². The third-order valence-corrected chi connectivity index (χ3v) is 5.91. The Morgan fingerprint density at radius 2 is 1.65 bits per heavy atom. The number of likely N-dealkylation sites (tertiary alicyclic amines) is 2. The maximum atomic E-state index is 12.2. The van der Waals surface area contributed by atoms with E-state index in [4.69, 9.17) is 0 Å². The Bertz CT molecular complexity index is 434. The van der Waals surface area contributed by atoms with E-state index in [1.54, 1.807) is 6.92 Å². The maximum Gasteiger partial charge on any atom is 0.221 e. The number of rotatable bonds is 5. The summed E-state index contributed by atoms with van der Waals surface area (Å²) in [5.41, 5.74) is 0. The van der Waals surface area contributed by atoms with Crippen molar-refractivity contribution >= 4 is 11.8 Å². The van der Waals surface area contributed by atoms with Gasteiger partial charge in [0.1, 0.15) is 0 Å². The Kier molecular flexibility index (Phi) is 5.57. The molecule has 0 bridgehead atoms. The van der Waals surface area contributed by atoms with Crippen LogP contribution in [0, 0.1) is 0 Å². The molecule has 5 heteroatoms. The molecule has 23 heavy (non-hydrogen) atoms. The lowest BCUT2D eigenvalue weighted by Gasteiger charge is -2.34. The standard InChI is InChI=1S/C18H31N3O2/c1-14(22)21-12-5-9-17(21)16-8-4-11-20(16)13-10-18(23)19-15-6-2-3-7-15/h15-17H,2-13H2,1H3,(H,19,23)/t16-,17-/m1/s1. The van der Waals surface area contributed by atoms with Crippen molar-refractivity contribution in [3.63, 3.8) is 0 Å². The van der Waals surface area contributed by atoms with Crippen molar-refractivity contribution in [3.05, 3.63) is 0 Å². The van der Waals surface area contributed by atoms with Gasteiger partial charge in [0.05, 0.1) is 0 Å². The second kappa shape index (κ2) is 7.65. The molecule has 2 heterocycles. The third kappa shape index (κ3) is 4.06. The quantitative estimate of drug-likeness (QED) is 0.841. The first-order chi connectivity index (χ1) is 11.1. The zero-order chi connectivity index (χ0) is 16.2. The number of carbonyl (C=O) groups is 2. The molecular weight excluding hydrogens is 290 g/mol. The Morgan fingerprint density at radius 3 is 2.39 bits per heavy atom. The largest absolute Gasteiger partial charge is 0.353 e. The molecule has 0 unspecified atom stereocenters. The second-order valence-electron chi connectivity index (χ2n) is 7.47. The molecule has 2 saturated heterocycles. The van der Waals surface area contributed by atoms with E-state index >= 15 is 0 Å². The molecule has 3 fully saturated rings. The van der Waals surface area contributed by atoms with Crippen molar-refractivity contribution in [1.82, 2.24) is 15.1 Å². The van der Waals surface area contributed by atoms with Gasteiger partial charge in [-0.3, -0.25) is 14.5 Å². The Morgan fingerprint density at radius 1 is 0.957 bits per heavy atom. The predicted molar refractivity (Wildman–Crippen MR) is 90.0 cm³/mol. The van der Waals surface area contributed by atoms with Crippen molar-refractivity contribution in [2.24, 2.45) is 0 Å². The van der Waals surface area contributed by atoms with Gasteiger partial charge in [-0.2, -0.15) is 0 Å². The zero-order valence-corrected chi connectivity index (χ0v) is 14.4. The highest BCUT2D eigenvalue weighted by Gasteiger charge is 2.38. The van der Waals surface area contributed by atoms with Crippen LogP contribution in [0.5, 0.6) is 0 Å². The molecule has 3 rings (SSSR count). The van der Waals surface area contributed by atoms with Crippen molar-refractivity contribution < 1.29 is 9.59 Å². The number of nitrogens with one attached hydrogen (secondary N) is 1. The lowest BCUT2D eigenvalue weighted by Crippen LogP contribution is -2.48. The highest BCUT2D eigenvalue weighted by Crippen LogP contribution is 2.30. The molecule has 2 amide bonds. The number of nitrogens with zero attached hydrogens (tertiary/aromatic N) is 2. The molecule has 0 aromatic heterocycles. The Hall–Kier alpha value is -1.10. The fourth-order valence-electron chi connectivity index (χ4n) is 4.76. The molecule has 5 nitrogen and oxygen atoms in total. The molecular formula is C18H31N3O2. The molecule has 1 aliphatic carbocycles. The average molecular weight is 321 g/mol. The van der Waals surface area contributed by atoms with Gasteiger partial charge in [0.25, 0.3) is 0 Å². The van der Waals surface area contributed by atoms with E-state index in [1.165, 1.54) is 25.7 Å². The fourth-order valence-corrected chi connectivity index (χ4v) is 4.76. The summed E-state index contributed by atoms with van der Waals surface area (Å²) in [6.45, 7) is 4.51. The van der Waals surface area contributed by atoms with Gasteiger partial charge in [-0.15, -0.1) is 0 Å². The minimum atomic E-state index is 0.206. The molecule has 0 aromatic rings. The first-order valence-corrected chi connectivity index (χ1v) is 9.46. The normalized spacial score (nSPS) is 29.3. The molecule has 0 radical (unpaired) electrons. The first-order valence-electron chi connectivity index (χ1n) is 9.46. The van der Waals surface area contributed by atoms with Crippen LogP contribution in [0.3, 0.4) is 0 Å². The second-order valence-corrected chi connectivity index (χ2v) is 7.47. The summed E-state index contributed by atoms with van der Waals surface area (Å²) in [5.74, 6) is 0.413. The minimum absolute atomic E-state index is 0.206. The van der Waals surface area contributed by atoms with Gasteiger partial charge in [0, 0.05) is 44.6 Å². The van der Waals surface area contributed by atoms with E-state index in [9.17, 15) is 9.59 Å². The maximum absolute atomic E-state index is 12.2. The van der Waals surface area contributed by atoms with Crippen molar-refractivity contribution in [3.8, 4) is 0 Å². The lowest BCUT2D eigenvalue weighted by atomic mass is 10.0. The third-order valence-electron chi connectivity index (χ3n) is 5.91. The van der Waals surface area contributed by atoms with Crippen molar-refractivity contribution in [2.75, 3.05) is 19.6 Å². The summed E-state index contributed by atoms with van der Waals surface area (Å²) in [6.07, 6.45) is 9.99. The molecule has 1 N–H and O–H groups in total. The van der Waals surface area contributed by atoms with Crippen molar-refractivity contribution in [1.29, 1.82) is 0 Å². The van der Waals surface area contributed by atoms with Crippen LogP contribution in [-0.4, -0.2) is 59.4 Å². The smallest absolute Gasteiger partial charge is 0.221 e. The highest BCUT2D eigenvalue weighted by molar-refractivity contribution is 5.76. The van der Waals surface area contributed by atoms with E-state index in [0.717, 1.165) is 45.3 Å². The van der Waals surface area contributed by atoms with Crippen LogP contribution in [0.2, 0.25) is 0 Å². The van der Waals surface area contributed by atoms with Gasteiger partial charge in [-0.25, -0.2) is 0 Å². The molecule has 0 aromatic carbocycles. The summed E-state index contributed by atoms with van der Waals surface area (Å²) in [5, 5.41) is 3.18. The van der Waals surface area contributed by atoms with Gasteiger partial charge in [0.15, 0.2) is 0 Å². The van der Waals surface area contributed by atoms with Crippen molar-refractivity contribution in [2.45, 2.75) is 82.8 Å². The number of carbonyl (C=O) groups excluding carboxylic acids is 2. The number of hydrogen-bond acceptors (Lipinski definition) is 3. The summed E-state index contributed by atoms with van der Waals surface area (Å²) in [7, 11) is 0. The van der Waals surface area contributed by atoms with Crippen LogP contribution < -0.4 is 5.32 Å². The van der Waals surface area contributed by atoms with Crippen LogP contribution >= 0.6 is 0 Å². The van der Waals surface area contributed by atoms with E-state index in [-0.39, 0.29) is 11.8 Å². The molecule has 2 aliphatic heterocycles. The monoisotopic (exact) mass is 321 g/mol. The van der Waals surface area contributed by atoms with Crippen LogP contribution in [-0.2, 0) is 9.59 Å². The van der Waals surface area contributed by atoms with Gasteiger partial charge in [-0.1, -0.05) is 12.8 Å². The average Bonchev–Trinajstić information content (AvgIpc) is 3.25.